The molecule has 7 heteroatoms. The number of nitrogens with one attached hydrogen (secondary N) is 1. The van der Waals surface area contributed by atoms with Crippen LogP contribution in [0.3, 0.4) is 0 Å². The van der Waals surface area contributed by atoms with Crippen LogP contribution in [0, 0.1) is 0 Å². The number of H-pyrrole nitrogens is 1. The van der Waals surface area contributed by atoms with Crippen LogP contribution < -0.4 is 16.1 Å². The summed E-state index contributed by atoms with van der Waals surface area (Å²) >= 11 is 0. The van der Waals surface area contributed by atoms with Crippen LogP contribution in [-0.2, 0) is 9.53 Å². The molecule has 2 aromatic carbocycles. The summed E-state index contributed by atoms with van der Waals surface area (Å²) in [5.74, 6) is -1.23. The van der Waals surface area contributed by atoms with Crippen LogP contribution in [0.1, 0.15) is 24.0 Å². The molecule has 7 nitrogen and oxygen atoms in total. The number of nitrogens with two attached hydrogens (primary N) is 1. The molecule has 0 saturated carbocycles. The number of hydrogen-bond donors (Lipinski definition) is 2. The minimum absolute atomic E-state index is 0.0803. The van der Waals surface area contributed by atoms with Gasteiger partial charge in [-0.2, -0.15) is 0 Å². The number of aromatic nitrogens is 1. The Kier molecular flexibility index (Phi) is 4.10. The average molecular weight is 402 g/mol. The predicted molar refractivity (Wildman–Crippen MR) is 111 cm³/mol. The van der Waals surface area contributed by atoms with E-state index in [1.165, 1.54) is 0 Å². The van der Waals surface area contributed by atoms with E-state index in [0.29, 0.717) is 22.3 Å². The predicted octanol–water partition coefficient (Wildman–Crippen LogP) is 3.53. The van der Waals surface area contributed by atoms with Gasteiger partial charge in [0.15, 0.2) is 5.75 Å². The van der Waals surface area contributed by atoms with Crippen molar-refractivity contribution in [3.05, 3.63) is 87.7 Å². The van der Waals surface area contributed by atoms with E-state index in [9.17, 15) is 9.59 Å². The third-order valence-electron chi connectivity index (χ3n) is 5.28. The molecule has 0 spiro atoms. The van der Waals surface area contributed by atoms with Crippen LogP contribution in [0.4, 0.5) is 0 Å². The van der Waals surface area contributed by atoms with Crippen LogP contribution in [0.2, 0.25) is 0 Å². The van der Waals surface area contributed by atoms with Crippen molar-refractivity contribution in [2.45, 2.75) is 12.8 Å². The van der Waals surface area contributed by atoms with Gasteiger partial charge in [-0.3, -0.25) is 0 Å². The summed E-state index contributed by atoms with van der Waals surface area (Å²) in [5.41, 5.74) is 7.89. The molecular weight excluding hydrogens is 384 g/mol. The SMILES string of the molecule is CCOC(=O)C1=C(N)Oc2c(c(=O)oc3ccccc23)C1c1c[nH]c2ccccc12. The average Bonchev–Trinajstić information content (AvgIpc) is 3.17. The molecule has 0 bridgehead atoms. The minimum Gasteiger partial charge on any atom is -0.462 e. The molecule has 3 heterocycles. The van der Waals surface area contributed by atoms with Gasteiger partial charge in [0.05, 0.1) is 23.5 Å². The number of hydrogen-bond acceptors (Lipinski definition) is 6. The standard InChI is InChI=1S/C23H18N2O5/c1-2-28-22(26)19-17(14-11-25-15-9-5-3-7-12(14)15)18-20(30-21(19)24)13-8-4-6-10-16(13)29-23(18)27/h3-11,17,25H,2,24H2,1H3. The summed E-state index contributed by atoms with van der Waals surface area (Å²) in [6.45, 7) is 1.87. The molecular formula is C23H18N2O5. The Hall–Kier alpha value is -4.00. The smallest absolute Gasteiger partial charge is 0.344 e. The zero-order chi connectivity index (χ0) is 20.8. The van der Waals surface area contributed by atoms with Gasteiger partial charge in [-0.1, -0.05) is 30.3 Å². The first-order chi connectivity index (χ1) is 14.6. The van der Waals surface area contributed by atoms with Gasteiger partial charge in [0.2, 0.25) is 5.88 Å². The van der Waals surface area contributed by atoms with Crippen molar-refractivity contribution in [3.8, 4) is 5.75 Å². The van der Waals surface area contributed by atoms with Gasteiger partial charge in [-0.25, -0.2) is 9.59 Å². The first kappa shape index (κ1) is 18.1. The van der Waals surface area contributed by atoms with Gasteiger partial charge in [-0.15, -0.1) is 0 Å². The summed E-state index contributed by atoms with van der Waals surface area (Å²) < 4.78 is 16.6. The molecule has 5 rings (SSSR count). The summed E-state index contributed by atoms with van der Waals surface area (Å²) in [6.07, 6.45) is 1.77. The number of carbonyl (C=O) groups is 1. The molecule has 2 aromatic heterocycles. The Morgan fingerprint density at radius 3 is 2.67 bits per heavy atom. The second kappa shape index (κ2) is 6.81. The minimum atomic E-state index is -0.801. The highest BCUT2D eigenvalue weighted by molar-refractivity contribution is 5.97. The van der Waals surface area contributed by atoms with Gasteiger partial charge >= 0.3 is 11.6 Å². The van der Waals surface area contributed by atoms with Gasteiger partial charge in [0.25, 0.3) is 0 Å². The van der Waals surface area contributed by atoms with Gasteiger partial charge in [0.1, 0.15) is 11.2 Å². The zero-order valence-electron chi connectivity index (χ0n) is 16.1. The second-order valence-corrected chi connectivity index (χ2v) is 6.95. The molecule has 0 radical (unpaired) electrons. The summed E-state index contributed by atoms with van der Waals surface area (Å²) in [6, 6.07) is 14.7. The topological polar surface area (TPSA) is 108 Å². The molecule has 0 aliphatic carbocycles. The molecule has 4 aromatic rings. The fraction of sp³-hybridized carbons (Fsp3) is 0.130. The van der Waals surface area contributed by atoms with E-state index in [1.54, 1.807) is 31.3 Å². The summed E-state index contributed by atoms with van der Waals surface area (Å²) in [5, 5.41) is 1.46. The van der Waals surface area contributed by atoms with Crippen molar-refractivity contribution >= 4 is 27.8 Å². The van der Waals surface area contributed by atoms with Gasteiger partial charge in [0, 0.05) is 17.1 Å². The maximum Gasteiger partial charge on any atom is 0.344 e. The lowest BCUT2D eigenvalue weighted by Crippen LogP contribution is -2.31. The molecule has 0 saturated heterocycles. The van der Waals surface area contributed by atoms with Crippen molar-refractivity contribution in [1.82, 2.24) is 4.98 Å². The Morgan fingerprint density at radius 2 is 1.87 bits per heavy atom. The van der Waals surface area contributed by atoms with Crippen molar-refractivity contribution in [2.24, 2.45) is 5.73 Å². The molecule has 1 aliphatic rings. The van der Waals surface area contributed by atoms with Gasteiger partial charge < -0.3 is 24.6 Å². The number of fused-ring (bicyclic) bond motifs is 4. The maximum absolute atomic E-state index is 13.1. The fourth-order valence-electron chi connectivity index (χ4n) is 4.02. The first-order valence-corrected chi connectivity index (χ1v) is 9.56. The number of benzene rings is 2. The summed E-state index contributed by atoms with van der Waals surface area (Å²) in [4.78, 5) is 29.1. The number of rotatable bonds is 3. The van der Waals surface area contributed by atoms with E-state index in [1.807, 2.05) is 30.3 Å². The lowest BCUT2D eigenvalue weighted by molar-refractivity contribution is -0.139. The highest BCUT2D eigenvalue weighted by Crippen LogP contribution is 2.45. The van der Waals surface area contributed by atoms with E-state index < -0.39 is 17.5 Å². The molecule has 0 fully saturated rings. The number of aromatic amines is 1. The number of ether oxygens (including phenoxy) is 2. The van der Waals surface area contributed by atoms with Crippen LogP contribution in [0.15, 0.2) is 75.4 Å². The molecule has 0 amide bonds. The Morgan fingerprint density at radius 1 is 1.13 bits per heavy atom. The lowest BCUT2D eigenvalue weighted by atomic mass is 9.83. The lowest BCUT2D eigenvalue weighted by Gasteiger charge is -2.27. The molecule has 30 heavy (non-hydrogen) atoms. The van der Waals surface area contributed by atoms with Crippen LogP contribution >= 0.6 is 0 Å². The molecule has 3 N–H and O–H groups in total. The Bertz CT molecular complexity index is 1400. The Balaban J connectivity index is 1.86. The van der Waals surface area contributed by atoms with E-state index in [0.717, 1.165) is 10.9 Å². The largest absolute Gasteiger partial charge is 0.462 e. The molecule has 1 atom stereocenters. The first-order valence-electron chi connectivity index (χ1n) is 9.56. The van der Waals surface area contributed by atoms with E-state index >= 15 is 0 Å². The van der Waals surface area contributed by atoms with Crippen molar-refractivity contribution < 1.29 is 18.7 Å². The van der Waals surface area contributed by atoms with Crippen molar-refractivity contribution in [3.63, 3.8) is 0 Å². The van der Waals surface area contributed by atoms with Crippen molar-refractivity contribution in [2.75, 3.05) is 6.61 Å². The zero-order valence-corrected chi connectivity index (χ0v) is 16.1. The second-order valence-electron chi connectivity index (χ2n) is 6.95. The number of carbonyl (C=O) groups excluding carboxylic acids is 1. The van der Waals surface area contributed by atoms with Crippen LogP contribution in [-0.4, -0.2) is 17.6 Å². The highest BCUT2D eigenvalue weighted by atomic mass is 16.5. The van der Waals surface area contributed by atoms with Crippen LogP contribution in [0.5, 0.6) is 5.75 Å². The maximum atomic E-state index is 13.1. The van der Waals surface area contributed by atoms with E-state index in [4.69, 9.17) is 19.6 Å². The summed E-state index contributed by atoms with van der Waals surface area (Å²) in [7, 11) is 0. The normalized spacial score (nSPS) is 15.8. The molecule has 1 aliphatic heterocycles. The van der Waals surface area contributed by atoms with Crippen molar-refractivity contribution in [1.29, 1.82) is 0 Å². The molecule has 150 valence electrons. The third kappa shape index (κ3) is 2.59. The van der Waals surface area contributed by atoms with Crippen LogP contribution in [0.25, 0.3) is 21.9 Å². The number of para-hydroxylation sites is 2. The third-order valence-corrected chi connectivity index (χ3v) is 5.28. The Labute approximate surface area is 170 Å². The fourth-order valence-corrected chi connectivity index (χ4v) is 4.02. The monoisotopic (exact) mass is 402 g/mol. The quantitative estimate of drug-likeness (QED) is 0.401. The highest BCUT2D eigenvalue weighted by Gasteiger charge is 2.40. The van der Waals surface area contributed by atoms with E-state index in [2.05, 4.69) is 4.98 Å². The number of esters is 1. The van der Waals surface area contributed by atoms with E-state index in [-0.39, 0.29) is 23.6 Å². The van der Waals surface area contributed by atoms with Gasteiger partial charge in [-0.05, 0) is 30.7 Å². The molecule has 1 unspecified atom stereocenters.